The Bertz CT molecular complexity index is 167. The molecule has 0 nitrogen and oxygen atoms in total. The van der Waals surface area contributed by atoms with Crippen LogP contribution in [0.4, 0.5) is 0 Å². The van der Waals surface area contributed by atoms with Gasteiger partial charge in [-0.2, -0.15) is 0 Å². The minimum atomic E-state index is 0.775. The fourth-order valence-electron chi connectivity index (χ4n) is 2.35. The summed E-state index contributed by atoms with van der Waals surface area (Å²) in [6, 6.07) is 0. The van der Waals surface area contributed by atoms with Gasteiger partial charge in [-0.05, 0) is 38.0 Å². The lowest BCUT2D eigenvalue weighted by Gasteiger charge is -2.31. The molecule has 1 saturated carbocycles. The first-order valence-corrected chi connectivity index (χ1v) is 5.02. The molecular weight excluding hydrogens is 144 g/mol. The molecule has 1 rings (SSSR count). The molecule has 0 heteroatoms. The summed E-state index contributed by atoms with van der Waals surface area (Å²) < 4.78 is 0. The second-order valence-corrected chi connectivity index (χ2v) is 4.02. The highest BCUT2D eigenvalue weighted by Crippen LogP contribution is 2.36. The Morgan fingerprint density at radius 2 is 2.08 bits per heavy atom. The van der Waals surface area contributed by atoms with E-state index in [1.807, 2.05) is 0 Å². The summed E-state index contributed by atoms with van der Waals surface area (Å²) in [4.78, 5) is 0. The lowest BCUT2D eigenvalue weighted by atomic mass is 9.74. The Hall–Kier alpha value is -0.520. The Morgan fingerprint density at radius 1 is 1.42 bits per heavy atom. The van der Waals surface area contributed by atoms with E-state index in [0.717, 1.165) is 11.8 Å². The van der Waals surface area contributed by atoms with Crippen LogP contribution in [0.5, 0.6) is 0 Å². The van der Waals surface area contributed by atoms with E-state index < -0.39 is 0 Å². The Labute approximate surface area is 76.4 Å². The van der Waals surface area contributed by atoms with Crippen molar-refractivity contribution in [3.8, 4) is 0 Å². The molecule has 0 aromatic carbocycles. The molecule has 0 saturated heterocycles. The zero-order valence-corrected chi connectivity index (χ0v) is 8.18. The summed E-state index contributed by atoms with van der Waals surface area (Å²) in [5, 5.41) is 0. The average molecular weight is 164 g/mol. The van der Waals surface area contributed by atoms with Gasteiger partial charge in [-0.25, -0.2) is 0 Å². The van der Waals surface area contributed by atoms with E-state index in [2.05, 4.69) is 26.2 Å². The molecule has 68 valence electrons. The summed E-state index contributed by atoms with van der Waals surface area (Å²) in [5.41, 5.74) is 1.38. The Morgan fingerprint density at radius 3 is 2.67 bits per heavy atom. The van der Waals surface area contributed by atoms with Gasteiger partial charge < -0.3 is 0 Å². The first kappa shape index (κ1) is 9.57. The second kappa shape index (κ2) is 4.49. The summed E-state index contributed by atoms with van der Waals surface area (Å²) >= 11 is 0. The highest BCUT2D eigenvalue weighted by atomic mass is 14.3. The fraction of sp³-hybridized carbons (Fsp3) is 0.667. The predicted octanol–water partition coefficient (Wildman–Crippen LogP) is 3.95. The minimum absolute atomic E-state index is 0.775. The van der Waals surface area contributed by atoms with Gasteiger partial charge in [-0.15, -0.1) is 6.58 Å². The molecule has 0 unspecified atom stereocenters. The standard InChI is InChI=1S/C12H20/c1-4-7-11-8-5-6-9-12(11)10(2)3/h4,11-12H,1-2,5-9H2,3H3/t11-,12+/m1/s1. The first-order chi connectivity index (χ1) is 5.75. The van der Waals surface area contributed by atoms with E-state index in [4.69, 9.17) is 0 Å². The van der Waals surface area contributed by atoms with Crippen molar-refractivity contribution in [3.63, 3.8) is 0 Å². The molecule has 0 N–H and O–H groups in total. The Kier molecular flexibility index (Phi) is 3.58. The maximum atomic E-state index is 4.08. The van der Waals surface area contributed by atoms with Crippen molar-refractivity contribution in [1.29, 1.82) is 0 Å². The van der Waals surface area contributed by atoms with E-state index in [-0.39, 0.29) is 0 Å². The number of allylic oxidation sites excluding steroid dienone is 2. The van der Waals surface area contributed by atoms with Crippen LogP contribution in [0.15, 0.2) is 24.8 Å². The monoisotopic (exact) mass is 164 g/mol. The number of hydrogen-bond acceptors (Lipinski definition) is 0. The van der Waals surface area contributed by atoms with Crippen LogP contribution in [0.25, 0.3) is 0 Å². The van der Waals surface area contributed by atoms with Gasteiger partial charge in [0, 0.05) is 0 Å². The van der Waals surface area contributed by atoms with Gasteiger partial charge in [-0.1, -0.05) is 31.1 Å². The summed E-state index contributed by atoms with van der Waals surface area (Å²) in [6.45, 7) is 10.1. The third kappa shape index (κ3) is 2.23. The maximum absolute atomic E-state index is 4.08. The van der Waals surface area contributed by atoms with Gasteiger partial charge in [0.2, 0.25) is 0 Å². The van der Waals surface area contributed by atoms with Crippen LogP contribution >= 0.6 is 0 Å². The van der Waals surface area contributed by atoms with Gasteiger partial charge in [0.15, 0.2) is 0 Å². The van der Waals surface area contributed by atoms with E-state index in [0.29, 0.717) is 0 Å². The molecule has 0 radical (unpaired) electrons. The second-order valence-electron chi connectivity index (χ2n) is 4.02. The zero-order valence-electron chi connectivity index (χ0n) is 8.18. The predicted molar refractivity (Wildman–Crippen MR) is 55.1 cm³/mol. The van der Waals surface area contributed by atoms with Crippen LogP contribution in [-0.2, 0) is 0 Å². The molecule has 0 aliphatic heterocycles. The molecule has 12 heavy (non-hydrogen) atoms. The molecule has 1 fully saturated rings. The lowest BCUT2D eigenvalue weighted by Crippen LogP contribution is -2.19. The van der Waals surface area contributed by atoms with Crippen molar-refractivity contribution in [2.75, 3.05) is 0 Å². The number of hydrogen-bond donors (Lipinski definition) is 0. The van der Waals surface area contributed by atoms with Crippen molar-refractivity contribution in [1.82, 2.24) is 0 Å². The van der Waals surface area contributed by atoms with Crippen LogP contribution in [0.3, 0.4) is 0 Å². The highest BCUT2D eigenvalue weighted by Gasteiger charge is 2.23. The first-order valence-electron chi connectivity index (χ1n) is 5.02. The SMILES string of the molecule is C=CC[C@@H]1CCCC[C@H]1C(=C)C. The quantitative estimate of drug-likeness (QED) is 0.554. The van der Waals surface area contributed by atoms with Crippen molar-refractivity contribution >= 4 is 0 Å². The molecule has 0 aromatic heterocycles. The third-order valence-corrected chi connectivity index (χ3v) is 3.01. The van der Waals surface area contributed by atoms with E-state index in [9.17, 15) is 0 Å². The topological polar surface area (TPSA) is 0 Å². The smallest absolute Gasteiger partial charge is 0.0177 e. The van der Waals surface area contributed by atoms with E-state index >= 15 is 0 Å². The maximum Gasteiger partial charge on any atom is -0.0177 e. The van der Waals surface area contributed by atoms with Crippen LogP contribution in [0.2, 0.25) is 0 Å². The van der Waals surface area contributed by atoms with E-state index in [1.54, 1.807) is 0 Å². The molecule has 2 atom stereocenters. The molecule has 1 aliphatic carbocycles. The molecular formula is C12H20. The van der Waals surface area contributed by atoms with Crippen LogP contribution in [0.1, 0.15) is 39.0 Å². The van der Waals surface area contributed by atoms with Gasteiger partial charge in [0.05, 0.1) is 0 Å². The van der Waals surface area contributed by atoms with Gasteiger partial charge in [-0.3, -0.25) is 0 Å². The van der Waals surface area contributed by atoms with Crippen LogP contribution < -0.4 is 0 Å². The minimum Gasteiger partial charge on any atom is -0.103 e. The van der Waals surface area contributed by atoms with Gasteiger partial charge >= 0.3 is 0 Å². The summed E-state index contributed by atoms with van der Waals surface area (Å²) in [6.07, 6.45) is 8.77. The molecule has 0 bridgehead atoms. The largest absolute Gasteiger partial charge is 0.103 e. The normalized spacial score (nSPS) is 29.8. The van der Waals surface area contributed by atoms with Crippen LogP contribution in [-0.4, -0.2) is 0 Å². The zero-order chi connectivity index (χ0) is 8.97. The summed E-state index contributed by atoms with van der Waals surface area (Å²) in [7, 11) is 0. The molecule has 0 heterocycles. The molecule has 0 aromatic rings. The number of rotatable bonds is 3. The summed E-state index contributed by atoms with van der Waals surface area (Å²) in [5.74, 6) is 1.62. The van der Waals surface area contributed by atoms with Gasteiger partial charge in [0.25, 0.3) is 0 Å². The molecule has 0 spiro atoms. The van der Waals surface area contributed by atoms with E-state index in [1.165, 1.54) is 37.7 Å². The molecule has 0 amide bonds. The Balaban J connectivity index is 2.53. The van der Waals surface area contributed by atoms with Crippen molar-refractivity contribution in [2.24, 2.45) is 11.8 Å². The molecule has 1 aliphatic rings. The van der Waals surface area contributed by atoms with Crippen molar-refractivity contribution < 1.29 is 0 Å². The van der Waals surface area contributed by atoms with Gasteiger partial charge in [0.1, 0.15) is 0 Å². The van der Waals surface area contributed by atoms with Crippen LogP contribution in [0, 0.1) is 11.8 Å². The third-order valence-electron chi connectivity index (χ3n) is 3.01. The average Bonchev–Trinajstić information content (AvgIpc) is 2.05. The van der Waals surface area contributed by atoms with Crippen molar-refractivity contribution in [3.05, 3.63) is 24.8 Å². The van der Waals surface area contributed by atoms with Crippen molar-refractivity contribution in [2.45, 2.75) is 39.0 Å². The lowest BCUT2D eigenvalue weighted by molar-refractivity contribution is 0.274. The highest BCUT2D eigenvalue weighted by molar-refractivity contribution is 5.01. The fourth-order valence-corrected chi connectivity index (χ4v) is 2.35.